The van der Waals surface area contributed by atoms with E-state index in [-0.39, 0.29) is 23.4 Å². The maximum absolute atomic E-state index is 12.3. The molecule has 1 aliphatic rings. The Morgan fingerprint density at radius 3 is 2.89 bits per heavy atom. The Balaban J connectivity index is 2.13. The van der Waals surface area contributed by atoms with Crippen molar-refractivity contribution in [3.63, 3.8) is 0 Å². The lowest BCUT2D eigenvalue weighted by Crippen LogP contribution is -2.54. The van der Waals surface area contributed by atoms with E-state index in [1.165, 1.54) is 0 Å². The second-order valence-corrected chi connectivity index (χ2v) is 5.33. The zero-order chi connectivity index (χ0) is 13.3. The Morgan fingerprint density at radius 1 is 1.61 bits per heavy atom. The van der Waals surface area contributed by atoms with E-state index in [2.05, 4.69) is 15.2 Å². The Morgan fingerprint density at radius 2 is 2.33 bits per heavy atom. The zero-order valence-corrected chi connectivity index (χ0v) is 11.4. The van der Waals surface area contributed by atoms with Crippen molar-refractivity contribution in [1.82, 2.24) is 20.1 Å². The standard InChI is InChI=1S/C12H20N4O2/c1-5-9-13-10(15-14-9)11(17)16-6-8(2)18-12(3,4)7-16/h8H,5-7H2,1-4H3,(H,13,14,15). The van der Waals surface area contributed by atoms with Crippen molar-refractivity contribution in [2.45, 2.75) is 45.8 Å². The molecule has 6 heteroatoms. The van der Waals surface area contributed by atoms with E-state index in [4.69, 9.17) is 4.74 Å². The van der Waals surface area contributed by atoms with Gasteiger partial charge in [0.25, 0.3) is 5.91 Å². The van der Waals surface area contributed by atoms with Crippen LogP contribution in [0.4, 0.5) is 0 Å². The average molecular weight is 252 g/mol. The number of hydrogen-bond acceptors (Lipinski definition) is 4. The minimum absolute atomic E-state index is 0.0299. The third-order valence-electron chi connectivity index (χ3n) is 2.91. The number of carbonyl (C=O) groups is 1. The van der Waals surface area contributed by atoms with Crippen LogP contribution in [0.1, 0.15) is 44.1 Å². The molecule has 0 bridgehead atoms. The van der Waals surface area contributed by atoms with Crippen molar-refractivity contribution < 1.29 is 9.53 Å². The van der Waals surface area contributed by atoms with Crippen LogP contribution in [0.5, 0.6) is 0 Å². The van der Waals surface area contributed by atoms with Gasteiger partial charge in [-0.2, -0.15) is 0 Å². The summed E-state index contributed by atoms with van der Waals surface area (Å²) < 4.78 is 5.77. The molecule has 6 nitrogen and oxygen atoms in total. The van der Waals surface area contributed by atoms with Crippen molar-refractivity contribution in [2.24, 2.45) is 0 Å². The highest BCUT2D eigenvalue weighted by Crippen LogP contribution is 2.21. The molecule has 0 aromatic carbocycles. The molecule has 2 rings (SSSR count). The maximum atomic E-state index is 12.3. The normalized spacial score (nSPS) is 23.1. The van der Waals surface area contributed by atoms with Crippen LogP contribution in [0.15, 0.2) is 0 Å². The molecule has 1 aromatic rings. The Bertz CT molecular complexity index is 441. The van der Waals surface area contributed by atoms with Crippen molar-refractivity contribution in [2.75, 3.05) is 13.1 Å². The van der Waals surface area contributed by atoms with E-state index in [1.54, 1.807) is 4.90 Å². The van der Waals surface area contributed by atoms with Gasteiger partial charge < -0.3 is 9.64 Å². The summed E-state index contributed by atoms with van der Waals surface area (Å²) in [6.45, 7) is 9.05. The molecular formula is C12H20N4O2. The summed E-state index contributed by atoms with van der Waals surface area (Å²) in [5.41, 5.74) is -0.322. The summed E-state index contributed by atoms with van der Waals surface area (Å²) >= 11 is 0. The largest absolute Gasteiger partial charge is 0.369 e. The Hall–Kier alpha value is -1.43. The van der Waals surface area contributed by atoms with Gasteiger partial charge in [-0.25, -0.2) is 4.98 Å². The van der Waals surface area contributed by atoms with Crippen LogP contribution in [-0.2, 0) is 11.2 Å². The number of rotatable bonds is 2. The van der Waals surface area contributed by atoms with Crippen molar-refractivity contribution in [1.29, 1.82) is 0 Å². The molecule has 18 heavy (non-hydrogen) atoms. The summed E-state index contributed by atoms with van der Waals surface area (Å²) in [6.07, 6.45) is 0.771. The molecule has 1 atom stereocenters. The number of H-pyrrole nitrogens is 1. The number of aromatic nitrogens is 3. The molecule has 0 aliphatic carbocycles. The summed E-state index contributed by atoms with van der Waals surface area (Å²) in [7, 11) is 0. The van der Waals surface area contributed by atoms with Crippen LogP contribution in [0, 0.1) is 0 Å². The monoisotopic (exact) mass is 252 g/mol. The van der Waals surface area contributed by atoms with Gasteiger partial charge >= 0.3 is 0 Å². The second kappa shape index (κ2) is 4.68. The number of amides is 1. The first-order chi connectivity index (χ1) is 8.41. The highest BCUT2D eigenvalue weighted by atomic mass is 16.5. The molecule has 100 valence electrons. The smallest absolute Gasteiger partial charge is 0.293 e. The third kappa shape index (κ3) is 2.69. The number of ether oxygens (including phenoxy) is 1. The predicted molar refractivity (Wildman–Crippen MR) is 66.3 cm³/mol. The lowest BCUT2D eigenvalue weighted by atomic mass is 10.1. The van der Waals surface area contributed by atoms with Crippen molar-refractivity contribution in [3.8, 4) is 0 Å². The maximum Gasteiger partial charge on any atom is 0.293 e. The van der Waals surface area contributed by atoms with E-state index in [0.717, 1.165) is 12.2 Å². The predicted octanol–water partition coefficient (Wildman–Crippen LogP) is 1.01. The van der Waals surface area contributed by atoms with Gasteiger partial charge in [0.05, 0.1) is 11.7 Å². The summed E-state index contributed by atoms with van der Waals surface area (Å²) in [6, 6.07) is 0. The quantitative estimate of drug-likeness (QED) is 0.852. The van der Waals surface area contributed by atoms with Gasteiger partial charge in [0.1, 0.15) is 5.82 Å². The molecule has 2 heterocycles. The van der Waals surface area contributed by atoms with Crippen LogP contribution >= 0.6 is 0 Å². The van der Waals surface area contributed by atoms with E-state index in [9.17, 15) is 4.79 Å². The molecule has 0 radical (unpaired) electrons. The number of hydrogen-bond donors (Lipinski definition) is 1. The summed E-state index contributed by atoms with van der Waals surface area (Å²) in [5, 5.41) is 6.73. The molecule has 0 saturated carbocycles. The van der Waals surface area contributed by atoms with Crippen LogP contribution < -0.4 is 0 Å². The van der Waals surface area contributed by atoms with Crippen molar-refractivity contribution in [3.05, 3.63) is 11.6 Å². The Labute approximate surface area is 107 Å². The number of nitrogens with one attached hydrogen (secondary N) is 1. The van der Waals surface area contributed by atoms with Gasteiger partial charge in [0, 0.05) is 19.5 Å². The van der Waals surface area contributed by atoms with Crippen LogP contribution in [0.3, 0.4) is 0 Å². The molecule has 1 unspecified atom stereocenters. The van der Waals surface area contributed by atoms with Crippen LogP contribution in [0.2, 0.25) is 0 Å². The van der Waals surface area contributed by atoms with Gasteiger partial charge in [-0.15, -0.1) is 5.10 Å². The van der Waals surface area contributed by atoms with Crippen LogP contribution in [-0.4, -0.2) is 50.8 Å². The number of aryl methyl sites for hydroxylation is 1. The Kier molecular flexibility index (Phi) is 3.38. The fraction of sp³-hybridized carbons (Fsp3) is 0.750. The topological polar surface area (TPSA) is 71.1 Å². The number of morpholine rings is 1. The summed E-state index contributed by atoms with van der Waals surface area (Å²) in [4.78, 5) is 18.2. The molecule has 1 N–H and O–H groups in total. The van der Waals surface area contributed by atoms with E-state index in [0.29, 0.717) is 13.1 Å². The van der Waals surface area contributed by atoms with E-state index in [1.807, 2.05) is 27.7 Å². The van der Waals surface area contributed by atoms with Gasteiger partial charge in [-0.3, -0.25) is 9.89 Å². The first kappa shape index (κ1) is 13.0. The molecule has 1 aliphatic heterocycles. The number of aromatic amines is 1. The van der Waals surface area contributed by atoms with Crippen LogP contribution in [0.25, 0.3) is 0 Å². The summed E-state index contributed by atoms with van der Waals surface area (Å²) in [5.74, 6) is 0.852. The molecule has 1 amide bonds. The highest BCUT2D eigenvalue weighted by Gasteiger charge is 2.35. The first-order valence-corrected chi connectivity index (χ1v) is 6.29. The number of carbonyl (C=O) groups excluding carboxylic acids is 1. The molecule has 1 aromatic heterocycles. The lowest BCUT2D eigenvalue weighted by molar-refractivity contribution is -0.119. The lowest BCUT2D eigenvalue weighted by Gasteiger charge is -2.41. The molecule has 0 spiro atoms. The van der Waals surface area contributed by atoms with Crippen molar-refractivity contribution >= 4 is 5.91 Å². The molecule has 1 fully saturated rings. The first-order valence-electron chi connectivity index (χ1n) is 6.29. The van der Waals surface area contributed by atoms with Gasteiger partial charge in [0.15, 0.2) is 0 Å². The van der Waals surface area contributed by atoms with Gasteiger partial charge in [-0.05, 0) is 20.8 Å². The van der Waals surface area contributed by atoms with Gasteiger partial charge in [-0.1, -0.05) is 6.92 Å². The third-order valence-corrected chi connectivity index (χ3v) is 2.91. The SMILES string of the molecule is CCc1nc(C(=O)N2CC(C)OC(C)(C)C2)n[nH]1. The molecular weight excluding hydrogens is 232 g/mol. The fourth-order valence-electron chi connectivity index (χ4n) is 2.30. The highest BCUT2D eigenvalue weighted by molar-refractivity contribution is 5.90. The number of nitrogens with zero attached hydrogens (tertiary/aromatic N) is 3. The minimum atomic E-state index is -0.322. The average Bonchev–Trinajstić information content (AvgIpc) is 2.73. The molecule has 1 saturated heterocycles. The zero-order valence-electron chi connectivity index (χ0n) is 11.4. The van der Waals surface area contributed by atoms with E-state index >= 15 is 0 Å². The minimum Gasteiger partial charge on any atom is -0.369 e. The van der Waals surface area contributed by atoms with Gasteiger partial charge in [0.2, 0.25) is 5.82 Å². The fourth-order valence-corrected chi connectivity index (χ4v) is 2.30. The second-order valence-electron chi connectivity index (χ2n) is 5.33. The van der Waals surface area contributed by atoms with E-state index < -0.39 is 0 Å².